The van der Waals surface area contributed by atoms with Gasteiger partial charge in [-0.05, 0) is 73.8 Å². The van der Waals surface area contributed by atoms with Gasteiger partial charge in [-0.3, -0.25) is 9.59 Å². The SMILES string of the molecule is COC1=C[C@@H]2[C@@H](OCc3ccc(OC)cc3)C(=O)[C@]3(C)[C@@H](O[Si](C)(C)C(C)(C)C)CC[C@@]4(CO4)[C@H]3[C@H](OC(=O)c3ccccc3)[C@](O)(C1=O)C2(C)C. The van der Waals surface area contributed by atoms with E-state index in [4.69, 9.17) is 28.1 Å². The average molecular weight is 735 g/mol. The summed E-state index contributed by atoms with van der Waals surface area (Å²) < 4.78 is 37.7. The van der Waals surface area contributed by atoms with Crippen molar-refractivity contribution in [1.29, 1.82) is 0 Å². The monoisotopic (exact) mass is 734 g/mol. The first kappa shape index (κ1) is 38.4. The van der Waals surface area contributed by atoms with E-state index in [0.29, 0.717) is 18.6 Å². The highest BCUT2D eigenvalue weighted by Crippen LogP contribution is 2.65. The number of ketones is 2. The third-order valence-electron chi connectivity index (χ3n) is 13.1. The van der Waals surface area contributed by atoms with Gasteiger partial charge in [0.15, 0.2) is 25.5 Å². The summed E-state index contributed by atoms with van der Waals surface area (Å²) in [5, 5.41) is 13.2. The van der Waals surface area contributed by atoms with Crippen molar-refractivity contribution in [3.8, 4) is 5.75 Å². The van der Waals surface area contributed by atoms with Gasteiger partial charge in [-0.1, -0.05) is 65.0 Å². The Morgan fingerprint density at radius 2 is 1.62 bits per heavy atom. The Balaban J connectivity index is 1.58. The number of esters is 1. The highest BCUT2D eigenvalue weighted by Gasteiger charge is 2.78. The van der Waals surface area contributed by atoms with Crippen LogP contribution in [0.15, 0.2) is 66.4 Å². The van der Waals surface area contributed by atoms with E-state index in [2.05, 4.69) is 33.9 Å². The molecule has 1 saturated heterocycles. The maximum atomic E-state index is 15.9. The molecular weight excluding hydrogens is 681 g/mol. The minimum Gasteiger partial charge on any atom is -0.497 e. The standard InChI is InChI=1S/C41H54O10Si/c1-37(2,3)52(9,10)51-30-20-21-40(24-49-40)32-35(50-36(44)26-14-12-11-13-15-26)41(45)33(42)29(47-8)22-28(38(41,4)5)31(34(43)39(30,32)6)48-23-25-16-18-27(46-7)19-17-25/h11-19,22,28,30-32,35,45H,20-21,23-24H2,1-10H3/t28-,30+,31-,32+,35+,39-,40-,41-/m1/s1. The molecule has 0 aromatic heterocycles. The molecule has 8 atom stereocenters. The maximum Gasteiger partial charge on any atom is 0.338 e. The molecule has 2 aromatic rings. The molecule has 6 rings (SSSR count). The molecule has 1 spiro atoms. The molecule has 52 heavy (non-hydrogen) atoms. The van der Waals surface area contributed by atoms with Gasteiger partial charge in [0.2, 0.25) is 5.78 Å². The minimum atomic E-state index is -2.53. The summed E-state index contributed by atoms with van der Waals surface area (Å²) in [5.41, 5.74) is -5.11. The molecule has 1 aliphatic heterocycles. The quantitative estimate of drug-likeness (QED) is 0.174. The summed E-state index contributed by atoms with van der Waals surface area (Å²) in [6, 6.07) is 15.8. The Hall–Kier alpha value is -3.35. The molecule has 3 fully saturated rings. The largest absolute Gasteiger partial charge is 0.497 e. The van der Waals surface area contributed by atoms with Gasteiger partial charge >= 0.3 is 5.97 Å². The second-order valence-electron chi connectivity index (χ2n) is 17.2. The number of epoxide rings is 1. The number of rotatable bonds is 9. The van der Waals surface area contributed by atoms with Crippen molar-refractivity contribution in [3.63, 3.8) is 0 Å². The Bertz CT molecular complexity index is 1720. The first-order chi connectivity index (χ1) is 24.3. The van der Waals surface area contributed by atoms with Gasteiger partial charge in [0, 0.05) is 17.3 Å². The van der Waals surface area contributed by atoms with Gasteiger partial charge in [0.1, 0.15) is 18.0 Å². The number of aliphatic hydroxyl groups is 1. The zero-order valence-corrected chi connectivity index (χ0v) is 33.1. The number of carbonyl (C=O) groups excluding carboxylic acids is 3. The summed E-state index contributed by atoms with van der Waals surface area (Å²) in [6.07, 6.45) is -0.749. The first-order valence-electron chi connectivity index (χ1n) is 18.2. The summed E-state index contributed by atoms with van der Waals surface area (Å²) in [4.78, 5) is 44.7. The molecule has 2 bridgehead atoms. The van der Waals surface area contributed by atoms with Crippen LogP contribution in [0.2, 0.25) is 18.1 Å². The van der Waals surface area contributed by atoms with E-state index in [1.165, 1.54) is 7.11 Å². The van der Waals surface area contributed by atoms with Crippen LogP contribution in [0.4, 0.5) is 0 Å². The molecule has 1 heterocycles. The maximum absolute atomic E-state index is 15.9. The Kier molecular flexibility index (Phi) is 9.74. The predicted molar refractivity (Wildman–Crippen MR) is 196 cm³/mol. The summed E-state index contributed by atoms with van der Waals surface area (Å²) in [7, 11) is 0.416. The lowest BCUT2D eigenvalue weighted by Crippen LogP contribution is -2.76. The fourth-order valence-electron chi connectivity index (χ4n) is 8.62. The molecule has 282 valence electrons. The highest BCUT2D eigenvalue weighted by molar-refractivity contribution is 6.74. The molecule has 2 saturated carbocycles. The van der Waals surface area contributed by atoms with E-state index >= 15 is 4.79 Å². The molecule has 0 radical (unpaired) electrons. The molecule has 10 nitrogen and oxygen atoms in total. The lowest BCUT2D eigenvalue weighted by atomic mass is 9.46. The van der Waals surface area contributed by atoms with E-state index < -0.39 is 72.2 Å². The zero-order valence-electron chi connectivity index (χ0n) is 32.1. The van der Waals surface area contributed by atoms with Crippen LogP contribution in [0.5, 0.6) is 5.75 Å². The van der Waals surface area contributed by atoms with Gasteiger partial charge < -0.3 is 33.2 Å². The van der Waals surface area contributed by atoms with Crippen LogP contribution in [0.1, 0.15) is 70.3 Å². The van der Waals surface area contributed by atoms with Crippen molar-refractivity contribution in [2.45, 2.75) is 109 Å². The minimum absolute atomic E-state index is 0.0675. The summed E-state index contributed by atoms with van der Waals surface area (Å²) in [6.45, 7) is 16.4. The average Bonchev–Trinajstić information content (AvgIpc) is 3.88. The van der Waals surface area contributed by atoms with Crippen molar-refractivity contribution in [1.82, 2.24) is 0 Å². The molecule has 11 heteroatoms. The van der Waals surface area contributed by atoms with Gasteiger partial charge in [-0.25, -0.2) is 4.79 Å². The van der Waals surface area contributed by atoms with Crippen molar-refractivity contribution in [3.05, 3.63) is 77.6 Å². The predicted octanol–water partition coefficient (Wildman–Crippen LogP) is 6.45. The molecule has 0 unspecified atom stereocenters. The molecule has 4 aliphatic rings. The van der Waals surface area contributed by atoms with Crippen molar-refractivity contribution < 1.29 is 47.6 Å². The van der Waals surface area contributed by atoms with E-state index in [-0.39, 0.29) is 35.4 Å². The zero-order chi connectivity index (χ0) is 38.1. The summed E-state index contributed by atoms with van der Waals surface area (Å²) in [5.74, 6) is -3.01. The van der Waals surface area contributed by atoms with Crippen LogP contribution in [-0.2, 0) is 39.6 Å². The molecule has 3 aliphatic carbocycles. The third-order valence-corrected chi connectivity index (χ3v) is 17.6. The van der Waals surface area contributed by atoms with Crippen LogP contribution in [-0.4, -0.2) is 81.3 Å². The summed E-state index contributed by atoms with van der Waals surface area (Å²) >= 11 is 0. The van der Waals surface area contributed by atoms with Crippen LogP contribution in [0, 0.1) is 22.7 Å². The van der Waals surface area contributed by atoms with Crippen LogP contribution >= 0.6 is 0 Å². The molecule has 1 N–H and O–H groups in total. The number of ether oxygens (including phenoxy) is 5. The number of Topliss-reactive ketones (excluding diaryl/α,β-unsaturated/α-hetero) is 2. The smallest absolute Gasteiger partial charge is 0.338 e. The fourth-order valence-corrected chi connectivity index (χ4v) is 10.1. The van der Waals surface area contributed by atoms with Gasteiger partial charge in [0.05, 0.1) is 50.1 Å². The topological polar surface area (TPSA) is 130 Å². The number of carbonyl (C=O) groups is 3. The van der Waals surface area contributed by atoms with Gasteiger partial charge in [0.25, 0.3) is 0 Å². The molecule has 0 amide bonds. The van der Waals surface area contributed by atoms with Gasteiger partial charge in [-0.2, -0.15) is 0 Å². The third kappa shape index (κ3) is 5.97. The van der Waals surface area contributed by atoms with Crippen LogP contribution in [0.25, 0.3) is 0 Å². The van der Waals surface area contributed by atoms with Crippen LogP contribution < -0.4 is 4.74 Å². The van der Waals surface area contributed by atoms with Gasteiger partial charge in [-0.15, -0.1) is 0 Å². The molecular formula is C41H54O10Si. The number of hydrogen-bond acceptors (Lipinski definition) is 10. The highest BCUT2D eigenvalue weighted by atomic mass is 28.4. The Morgan fingerprint density at radius 3 is 2.17 bits per heavy atom. The lowest BCUT2D eigenvalue weighted by molar-refractivity contribution is -0.239. The van der Waals surface area contributed by atoms with E-state index in [0.717, 1.165) is 5.56 Å². The van der Waals surface area contributed by atoms with Crippen molar-refractivity contribution in [2.24, 2.45) is 22.7 Å². The van der Waals surface area contributed by atoms with Crippen molar-refractivity contribution >= 4 is 25.9 Å². The van der Waals surface area contributed by atoms with E-state index in [1.54, 1.807) is 57.4 Å². The number of hydrogen-bond donors (Lipinski definition) is 1. The van der Waals surface area contributed by atoms with E-state index in [1.807, 2.05) is 31.2 Å². The second kappa shape index (κ2) is 13.2. The van der Waals surface area contributed by atoms with E-state index in [9.17, 15) is 14.7 Å². The normalized spacial score (nSPS) is 34.1. The van der Waals surface area contributed by atoms with Crippen LogP contribution in [0.3, 0.4) is 0 Å². The number of benzene rings is 2. The number of fused-ring (bicyclic) bond motifs is 4. The Labute approximate surface area is 308 Å². The second-order valence-corrected chi connectivity index (χ2v) is 22.0. The first-order valence-corrected chi connectivity index (χ1v) is 21.1. The Morgan fingerprint density at radius 1 is 0.981 bits per heavy atom. The number of methoxy groups -OCH3 is 2. The van der Waals surface area contributed by atoms with Crippen molar-refractivity contribution in [2.75, 3.05) is 20.8 Å². The lowest BCUT2D eigenvalue weighted by Gasteiger charge is -2.62. The fraction of sp³-hybridized carbons (Fsp3) is 0.585. The molecule has 2 aromatic carbocycles.